The summed E-state index contributed by atoms with van der Waals surface area (Å²) in [4.78, 5) is 38.7. The lowest BCUT2D eigenvalue weighted by atomic mass is 9.91. The number of carbonyl (C=O) groups is 3. The number of rotatable bonds is 10. The summed E-state index contributed by atoms with van der Waals surface area (Å²) in [5, 5.41) is 12.7. The summed E-state index contributed by atoms with van der Waals surface area (Å²) in [5.41, 5.74) is 0.229. The molecule has 0 bridgehead atoms. The van der Waals surface area contributed by atoms with Gasteiger partial charge in [-0.3, -0.25) is 9.59 Å². The fourth-order valence-corrected chi connectivity index (χ4v) is 6.11. The van der Waals surface area contributed by atoms with Crippen LogP contribution in [-0.4, -0.2) is 65.3 Å². The van der Waals surface area contributed by atoms with Gasteiger partial charge in [-0.2, -0.15) is 0 Å². The number of aliphatic hydroxyl groups is 1. The Hall–Kier alpha value is -2.02. The zero-order valence-corrected chi connectivity index (χ0v) is 25.3. The van der Waals surface area contributed by atoms with Crippen LogP contribution in [-0.2, 0) is 28.5 Å². The number of amides is 1. The van der Waals surface area contributed by atoms with Crippen molar-refractivity contribution < 1.29 is 38.4 Å². The molecular weight excluding hydrogens is 629 g/mol. The molecule has 0 aromatic heterocycles. The summed E-state index contributed by atoms with van der Waals surface area (Å²) in [6.45, 7) is 5.04. The molecule has 4 atom stereocenters. The van der Waals surface area contributed by atoms with Crippen molar-refractivity contribution in [1.82, 2.24) is 5.32 Å². The number of nitrogens with one attached hydrogen (secondary N) is 1. The molecule has 3 fully saturated rings. The predicted octanol–water partition coefficient (Wildman–Crippen LogP) is 4.05. The van der Waals surface area contributed by atoms with Gasteiger partial charge in [-0.15, -0.1) is 0 Å². The van der Waals surface area contributed by atoms with Crippen LogP contribution >= 0.6 is 22.6 Å². The van der Waals surface area contributed by atoms with Crippen LogP contribution in [0.15, 0.2) is 35.9 Å². The lowest BCUT2D eigenvalue weighted by Crippen LogP contribution is -2.45. The second-order valence-corrected chi connectivity index (χ2v) is 13.5. The normalized spacial score (nSPS) is 26.3. The van der Waals surface area contributed by atoms with Crippen molar-refractivity contribution in [3.8, 4) is 0 Å². The van der Waals surface area contributed by atoms with E-state index in [-0.39, 0.29) is 25.9 Å². The fraction of sp³-hybridized carbons (Fsp3) is 0.633. The molecule has 1 saturated heterocycles. The van der Waals surface area contributed by atoms with E-state index in [0.717, 1.165) is 29.3 Å². The molecule has 218 valence electrons. The standard InChI is InChI=1S/C30H38INO8/c1-29(2,3)39-25(34)12-11-22(16-33)32-27(35)18-14-23(37-28(36)17-5-4-6-21(31)13-17)26-24(15-18)38-30(40-26,19-7-8-19)20-9-10-20/h4-6,13,15,19-20,22-24,26,33H,7-12,14,16H2,1-3H3,(H,32,35). The highest BCUT2D eigenvalue weighted by molar-refractivity contribution is 14.1. The third-order valence-electron chi connectivity index (χ3n) is 7.69. The van der Waals surface area contributed by atoms with Crippen molar-refractivity contribution in [2.24, 2.45) is 11.8 Å². The van der Waals surface area contributed by atoms with Crippen LogP contribution < -0.4 is 5.32 Å². The Bertz CT molecular complexity index is 1160. The van der Waals surface area contributed by atoms with Crippen molar-refractivity contribution in [3.05, 3.63) is 45.0 Å². The largest absolute Gasteiger partial charge is 0.460 e. The van der Waals surface area contributed by atoms with Gasteiger partial charge in [-0.1, -0.05) is 6.07 Å². The number of esters is 2. The quantitative estimate of drug-likeness (QED) is 0.284. The van der Waals surface area contributed by atoms with Gasteiger partial charge in [0.25, 0.3) is 0 Å². The molecule has 40 heavy (non-hydrogen) atoms. The van der Waals surface area contributed by atoms with Gasteiger partial charge in [0.1, 0.15) is 23.9 Å². The molecule has 1 aliphatic heterocycles. The minimum absolute atomic E-state index is 0.0604. The average Bonchev–Trinajstić information content (AvgIpc) is 3.82. The number of ether oxygens (including phenoxy) is 4. The van der Waals surface area contributed by atoms with Crippen LogP contribution in [0.5, 0.6) is 0 Å². The molecule has 1 amide bonds. The second kappa shape index (κ2) is 11.7. The smallest absolute Gasteiger partial charge is 0.338 e. The number of fused-ring (bicyclic) bond motifs is 1. The molecule has 0 radical (unpaired) electrons. The van der Waals surface area contributed by atoms with E-state index in [9.17, 15) is 19.5 Å². The Balaban J connectivity index is 1.31. The molecule has 0 spiro atoms. The first-order valence-electron chi connectivity index (χ1n) is 14.1. The Morgan fingerprint density at radius 1 is 1.15 bits per heavy atom. The molecule has 5 rings (SSSR count). The Morgan fingerprint density at radius 3 is 2.45 bits per heavy atom. The van der Waals surface area contributed by atoms with E-state index in [1.807, 2.05) is 6.07 Å². The summed E-state index contributed by atoms with van der Waals surface area (Å²) < 4.78 is 25.5. The second-order valence-electron chi connectivity index (χ2n) is 12.3. The summed E-state index contributed by atoms with van der Waals surface area (Å²) in [7, 11) is 0. The zero-order valence-electron chi connectivity index (χ0n) is 23.2. The minimum Gasteiger partial charge on any atom is -0.460 e. The first-order chi connectivity index (χ1) is 19.0. The van der Waals surface area contributed by atoms with E-state index in [4.69, 9.17) is 18.9 Å². The van der Waals surface area contributed by atoms with Crippen LogP contribution in [0, 0.1) is 15.4 Å². The average molecular weight is 668 g/mol. The summed E-state index contributed by atoms with van der Waals surface area (Å²) in [5.74, 6) is -1.32. The van der Waals surface area contributed by atoms with Gasteiger partial charge in [0, 0.05) is 33.8 Å². The Kier molecular flexibility index (Phi) is 8.62. The van der Waals surface area contributed by atoms with Crippen LogP contribution in [0.1, 0.15) is 76.1 Å². The molecule has 4 unspecified atom stereocenters. The van der Waals surface area contributed by atoms with E-state index in [1.165, 1.54) is 0 Å². The summed E-state index contributed by atoms with van der Waals surface area (Å²) in [6.07, 6.45) is 4.63. The maximum atomic E-state index is 13.4. The molecular formula is C30H38INO8. The van der Waals surface area contributed by atoms with Gasteiger partial charge in [0.05, 0.1) is 18.2 Å². The van der Waals surface area contributed by atoms with E-state index in [2.05, 4.69) is 27.9 Å². The predicted molar refractivity (Wildman–Crippen MR) is 153 cm³/mol. The van der Waals surface area contributed by atoms with Crippen LogP contribution in [0.3, 0.4) is 0 Å². The molecule has 1 aromatic carbocycles. The molecule has 10 heteroatoms. The number of aliphatic hydroxyl groups excluding tert-OH is 1. The van der Waals surface area contributed by atoms with Gasteiger partial charge in [0.2, 0.25) is 5.91 Å². The highest BCUT2D eigenvalue weighted by atomic mass is 127. The van der Waals surface area contributed by atoms with Gasteiger partial charge in [-0.05, 0) is 99.7 Å². The highest BCUT2D eigenvalue weighted by Crippen LogP contribution is 2.59. The van der Waals surface area contributed by atoms with Crippen molar-refractivity contribution in [1.29, 1.82) is 0 Å². The van der Waals surface area contributed by atoms with E-state index in [0.29, 0.717) is 23.0 Å². The van der Waals surface area contributed by atoms with E-state index >= 15 is 0 Å². The lowest BCUT2D eigenvalue weighted by Gasteiger charge is -2.31. The Morgan fingerprint density at radius 2 is 1.85 bits per heavy atom. The zero-order chi connectivity index (χ0) is 28.7. The van der Waals surface area contributed by atoms with Crippen LogP contribution in [0.4, 0.5) is 0 Å². The maximum Gasteiger partial charge on any atom is 0.338 e. The van der Waals surface area contributed by atoms with Gasteiger partial charge in [-0.25, -0.2) is 4.79 Å². The number of hydrogen-bond donors (Lipinski definition) is 2. The lowest BCUT2D eigenvalue weighted by molar-refractivity contribution is -0.209. The molecule has 2 saturated carbocycles. The minimum atomic E-state index is -0.713. The van der Waals surface area contributed by atoms with Crippen molar-refractivity contribution >= 4 is 40.4 Å². The van der Waals surface area contributed by atoms with Crippen molar-refractivity contribution in [2.75, 3.05) is 6.61 Å². The molecule has 1 heterocycles. The van der Waals surface area contributed by atoms with Gasteiger partial charge >= 0.3 is 11.9 Å². The molecule has 1 aromatic rings. The fourth-order valence-electron chi connectivity index (χ4n) is 5.56. The van der Waals surface area contributed by atoms with E-state index in [1.54, 1.807) is 45.0 Å². The first-order valence-corrected chi connectivity index (χ1v) is 15.2. The molecule has 2 N–H and O–H groups in total. The van der Waals surface area contributed by atoms with Crippen LogP contribution in [0.2, 0.25) is 0 Å². The molecule has 4 aliphatic rings. The number of benzene rings is 1. The van der Waals surface area contributed by atoms with Gasteiger partial charge in [0.15, 0.2) is 5.79 Å². The Labute approximate surface area is 248 Å². The number of carbonyl (C=O) groups excluding carboxylic acids is 3. The van der Waals surface area contributed by atoms with Crippen molar-refractivity contribution in [2.45, 2.75) is 101 Å². The monoisotopic (exact) mass is 667 g/mol. The molecule has 3 aliphatic carbocycles. The number of hydrogen-bond acceptors (Lipinski definition) is 8. The number of halogens is 1. The van der Waals surface area contributed by atoms with Gasteiger partial charge < -0.3 is 29.4 Å². The third kappa shape index (κ3) is 6.88. The SMILES string of the molecule is CC(C)(C)OC(=O)CCC(CO)NC(=O)C1=CC2OC(C3CC3)(C3CC3)OC2C(OC(=O)c2cccc(I)c2)C1. The highest BCUT2D eigenvalue weighted by Gasteiger charge is 2.64. The molecule has 9 nitrogen and oxygen atoms in total. The van der Waals surface area contributed by atoms with E-state index < -0.39 is 53.6 Å². The topological polar surface area (TPSA) is 120 Å². The summed E-state index contributed by atoms with van der Waals surface area (Å²) in [6, 6.07) is 6.52. The van der Waals surface area contributed by atoms with Crippen LogP contribution in [0.25, 0.3) is 0 Å². The maximum absolute atomic E-state index is 13.4. The van der Waals surface area contributed by atoms with Crippen molar-refractivity contribution in [3.63, 3.8) is 0 Å². The first kappa shape index (κ1) is 29.5. The summed E-state index contributed by atoms with van der Waals surface area (Å²) >= 11 is 2.15. The third-order valence-corrected chi connectivity index (χ3v) is 8.36.